The average Bonchev–Trinajstić information content (AvgIpc) is 3.12. The van der Waals surface area contributed by atoms with Crippen LogP contribution in [0, 0.1) is 0 Å². The molecule has 1 aromatic carbocycles. The molecule has 27 heavy (non-hydrogen) atoms. The zero-order valence-corrected chi connectivity index (χ0v) is 17.8. The predicted molar refractivity (Wildman–Crippen MR) is 115 cm³/mol. The van der Waals surface area contributed by atoms with Gasteiger partial charge in [-0.15, -0.1) is 24.8 Å². The first-order chi connectivity index (χ1) is 12.1. The summed E-state index contributed by atoms with van der Waals surface area (Å²) in [5, 5.41) is 9.14. The summed E-state index contributed by atoms with van der Waals surface area (Å²) in [4.78, 5) is 26.4. The molecule has 1 heterocycles. The highest BCUT2D eigenvalue weighted by molar-refractivity contribution is 5.95. The van der Waals surface area contributed by atoms with Gasteiger partial charge in [0.05, 0.1) is 0 Å². The number of hydrogen-bond donors (Lipinski definition) is 3. The first kappa shape index (κ1) is 25.7. The Bertz CT molecular complexity index is 559. The number of carbonyl (C=O) groups excluding carboxylic acids is 2. The van der Waals surface area contributed by atoms with Crippen LogP contribution in [0.1, 0.15) is 43.5 Å². The van der Waals surface area contributed by atoms with E-state index < -0.39 is 0 Å². The molecule has 2 rings (SSSR count). The van der Waals surface area contributed by atoms with Gasteiger partial charge in [0.15, 0.2) is 0 Å². The van der Waals surface area contributed by atoms with Crippen molar-refractivity contribution in [2.24, 2.45) is 0 Å². The topological polar surface area (TPSA) is 73.5 Å². The van der Waals surface area contributed by atoms with Crippen LogP contribution in [0.3, 0.4) is 0 Å². The minimum Gasteiger partial charge on any atom is -0.351 e. The van der Waals surface area contributed by atoms with Crippen molar-refractivity contribution in [3.8, 4) is 0 Å². The monoisotopic (exact) mass is 418 g/mol. The highest BCUT2D eigenvalue weighted by atomic mass is 35.5. The Morgan fingerprint density at radius 1 is 1.15 bits per heavy atom. The highest BCUT2D eigenvalue weighted by Crippen LogP contribution is 2.13. The van der Waals surface area contributed by atoms with Crippen LogP contribution in [-0.4, -0.2) is 55.5 Å². The molecule has 0 saturated carbocycles. The van der Waals surface area contributed by atoms with Gasteiger partial charge in [-0.1, -0.05) is 13.8 Å². The Hall–Kier alpha value is -1.34. The number of hydrogen-bond acceptors (Lipinski definition) is 4. The lowest BCUT2D eigenvalue weighted by Crippen LogP contribution is -2.34. The molecule has 3 N–H and O–H groups in total. The van der Waals surface area contributed by atoms with E-state index in [0.717, 1.165) is 44.7 Å². The number of likely N-dealkylation sites (N-methyl/N-ethyl adjacent to an activating group) is 1. The summed E-state index contributed by atoms with van der Waals surface area (Å²) in [6.45, 7) is 8.67. The van der Waals surface area contributed by atoms with Crippen molar-refractivity contribution in [3.63, 3.8) is 0 Å². The summed E-state index contributed by atoms with van der Waals surface area (Å²) in [7, 11) is 0. The van der Waals surface area contributed by atoms with Gasteiger partial charge in [0.25, 0.3) is 5.91 Å². The molecule has 2 amide bonds. The van der Waals surface area contributed by atoms with Crippen molar-refractivity contribution in [1.82, 2.24) is 15.5 Å². The standard InChI is InChI=1S/C19H30N4O2.2ClH/c1-3-23(4-2)13-12-21-19(25)15-7-9-16(10-8-15)22-18(24)14-17-6-5-11-20-17;;/h7-10,17,20H,3-6,11-14H2,1-2H3,(H,21,25)(H,22,24);2*1H. The Balaban J connectivity index is 0.00000338. The van der Waals surface area contributed by atoms with Crippen LogP contribution in [0.25, 0.3) is 0 Å². The first-order valence-corrected chi connectivity index (χ1v) is 9.26. The van der Waals surface area contributed by atoms with Crippen LogP contribution in [-0.2, 0) is 4.79 Å². The van der Waals surface area contributed by atoms with E-state index in [0.29, 0.717) is 18.5 Å². The Morgan fingerprint density at radius 2 is 1.81 bits per heavy atom. The fourth-order valence-corrected chi connectivity index (χ4v) is 3.04. The molecule has 0 spiro atoms. The van der Waals surface area contributed by atoms with E-state index in [-0.39, 0.29) is 42.7 Å². The summed E-state index contributed by atoms with van der Waals surface area (Å²) < 4.78 is 0. The second-order valence-electron chi connectivity index (χ2n) is 6.41. The summed E-state index contributed by atoms with van der Waals surface area (Å²) in [5.74, 6) is -0.0731. The van der Waals surface area contributed by atoms with Gasteiger partial charge < -0.3 is 20.9 Å². The van der Waals surface area contributed by atoms with Crippen LogP contribution in [0.5, 0.6) is 0 Å². The Labute approximate surface area is 174 Å². The predicted octanol–water partition coefficient (Wildman–Crippen LogP) is 2.68. The maximum atomic E-state index is 12.1. The van der Waals surface area contributed by atoms with Crippen LogP contribution in [0.4, 0.5) is 5.69 Å². The number of carbonyl (C=O) groups is 2. The molecule has 1 unspecified atom stereocenters. The number of rotatable bonds is 9. The normalized spacial score (nSPS) is 15.6. The van der Waals surface area contributed by atoms with Gasteiger partial charge >= 0.3 is 0 Å². The molecule has 0 aromatic heterocycles. The minimum atomic E-state index is -0.0832. The third-order valence-corrected chi connectivity index (χ3v) is 4.63. The summed E-state index contributed by atoms with van der Waals surface area (Å²) in [6, 6.07) is 7.33. The van der Waals surface area contributed by atoms with Crippen LogP contribution in [0.15, 0.2) is 24.3 Å². The zero-order chi connectivity index (χ0) is 18.1. The molecule has 8 heteroatoms. The van der Waals surface area contributed by atoms with Crippen LogP contribution < -0.4 is 16.0 Å². The highest BCUT2D eigenvalue weighted by Gasteiger charge is 2.17. The molecule has 1 saturated heterocycles. The summed E-state index contributed by atoms with van der Waals surface area (Å²) >= 11 is 0. The van der Waals surface area contributed by atoms with Gasteiger partial charge in [-0.05, 0) is 56.7 Å². The Kier molecular flexibility index (Phi) is 13.1. The molecule has 1 aromatic rings. The van der Waals surface area contributed by atoms with E-state index in [2.05, 4.69) is 34.7 Å². The molecule has 0 bridgehead atoms. The lowest BCUT2D eigenvalue weighted by Gasteiger charge is -2.18. The molecule has 1 atom stereocenters. The van der Waals surface area contributed by atoms with E-state index in [1.807, 2.05) is 0 Å². The SMILES string of the molecule is CCN(CC)CCNC(=O)c1ccc(NC(=O)CC2CCCN2)cc1.Cl.Cl. The van der Waals surface area contributed by atoms with Gasteiger partial charge in [0.1, 0.15) is 0 Å². The number of nitrogens with one attached hydrogen (secondary N) is 3. The lowest BCUT2D eigenvalue weighted by atomic mass is 10.1. The molecule has 1 fully saturated rings. The van der Waals surface area contributed by atoms with Gasteiger partial charge in [0.2, 0.25) is 5.91 Å². The number of benzene rings is 1. The minimum absolute atomic E-state index is 0. The van der Waals surface area contributed by atoms with Gasteiger partial charge in [-0.2, -0.15) is 0 Å². The first-order valence-electron chi connectivity index (χ1n) is 9.26. The van der Waals surface area contributed by atoms with Crippen LogP contribution >= 0.6 is 24.8 Å². The number of nitrogens with zero attached hydrogens (tertiary/aromatic N) is 1. The van der Waals surface area contributed by atoms with Crippen molar-refractivity contribution >= 4 is 42.3 Å². The van der Waals surface area contributed by atoms with Crippen molar-refractivity contribution in [2.75, 3.05) is 38.0 Å². The smallest absolute Gasteiger partial charge is 0.251 e. The lowest BCUT2D eigenvalue weighted by molar-refractivity contribution is -0.116. The largest absolute Gasteiger partial charge is 0.351 e. The molecule has 154 valence electrons. The van der Waals surface area contributed by atoms with Crippen molar-refractivity contribution in [2.45, 2.75) is 39.2 Å². The third kappa shape index (κ3) is 8.93. The van der Waals surface area contributed by atoms with Crippen LogP contribution in [0.2, 0.25) is 0 Å². The zero-order valence-electron chi connectivity index (χ0n) is 16.1. The molecular weight excluding hydrogens is 387 g/mol. The van der Waals surface area contributed by atoms with E-state index in [1.54, 1.807) is 24.3 Å². The van der Waals surface area contributed by atoms with Gasteiger partial charge in [0, 0.05) is 36.8 Å². The number of amides is 2. The number of anilines is 1. The van der Waals surface area contributed by atoms with E-state index in [9.17, 15) is 9.59 Å². The molecule has 0 radical (unpaired) electrons. The van der Waals surface area contributed by atoms with Crippen molar-refractivity contribution in [1.29, 1.82) is 0 Å². The third-order valence-electron chi connectivity index (χ3n) is 4.63. The molecule has 1 aliphatic heterocycles. The quantitative estimate of drug-likeness (QED) is 0.576. The molecule has 0 aliphatic carbocycles. The van der Waals surface area contributed by atoms with E-state index in [1.165, 1.54) is 0 Å². The molecular formula is C19H32Cl2N4O2. The second kappa shape index (κ2) is 13.8. The molecule has 6 nitrogen and oxygen atoms in total. The number of halogens is 2. The van der Waals surface area contributed by atoms with Crippen molar-refractivity contribution in [3.05, 3.63) is 29.8 Å². The summed E-state index contributed by atoms with van der Waals surface area (Å²) in [6.07, 6.45) is 2.68. The van der Waals surface area contributed by atoms with Gasteiger partial charge in [-0.25, -0.2) is 0 Å². The average molecular weight is 419 g/mol. The fourth-order valence-electron chi connectivity index (χ4n) is 3.04. The van der Waals surface area contributed by atoms with Gasteiger partial charge in [-0.3, -0.25) is 9.59 Å². The second-order valence-corrected chi connectivity index (χ2v) is 6.41. The van der Waals surface area contributed by atoms with E-state index in [4.69, 9.17) is 0 Å². The Morgan fingerprint density at radius 3 is 2.37 bits per heavy atom. The fraction of sp³-hybridized carbons (Fsp3) is 0.579. The van der Waals surface area contributed by atoms with Crippen molar-refractivity contribution < 1.29 is 9.59 Å². The summed E-state index contributed by atoms with van der Waals surface area (Å²) in [5.41, 5.74) is 1.33. The van der Waals surface area contributed by atoms with E-state index >= 15 is 0 Å². The molecule has 1 aliphatic rings. The maximum Gasteiger partial charge on any atom is 0.251 e. The maximum absolute atomic E-state index is 12.1.